The van der Waals surface area contributed by atoms with E-state index < -0.39 is 42.8 Å². The van der Waals surface area contributed by atoms with Crippen LogP contribution < -0.4 is 40.2 Å². The first-order chi connectivity index (χ1) is 18.5. The summed E-state index contributed by atoms with van der Waals surface area (Å²) in [5, 5.41) is 3.95. The first-order valence-corrected chi connectivity index (χ1v) is 13.3. The zero-order chi connectivity index (χ0) is 27.8. The lowest BCUT2D eigenvalue weighted by atomic mass is 9.68. The molecule has 5 rings (SSSR count). The summed E-state index contributed by atoms with van der Waals surface area (Å²) >= 11 is 0. The largest absolute Gasteiger partial charge is 1.00 e. The average molecular weight is 628 g/mol. The molecule has 1 amide bonds. The Morgan fingerprint density at radius 3 is 2.34 bits per heavy atom. The highest BCUT2D eigenvalue weighted by atomic mass is 35.5. The van der Waals surface area contributed by atoms with Crippen molar-refractivity contribution in [3.63, 3.8) is 0 Å². The van der Waals surface area contributed by atoms with Crippen LogP contribution in [-0.4, -0.2) is 62.0 Å². The van der Waals surface area contributed by atoms with E-state index in [4.69, 9.17) is 4.74 Å². The third kappa shape index (κ3) is 7.24. The van der Waals surface area contributed by atoms with Crippen LogP contribution in [0.3, 0.4) is 0 Å². The maximum atomic E-state index is 14.1. The number of carbonyl (C=O) groups excluding carboxylic acids is 1. The first kappa shape index (κ1) is 33.3. The molecule has 0 aromatic heterocycles. The van der Waals surface area contributed by atoms with Gasteiger partial charge in [0.15, 0.2) is 6.61 Å². The van der Waals surface area contributed by atoms with Crippen LogP contribution in [0.15, 0.2) is 48.5 Å². The predicted octanol–water partition coefficient (Wildman–Crippen LogP) is -3.13. The zero-order valence-electron chi connectivity index (χ0n) is 22.2. The Hall–Kier alpha value is -2.21. The van der Waals surface area contributed by atoms with Crippen LogP contribution in [0.4, 0.5) is 26.3 Å². The lowest BCUT2D eigenvalue weighted by Gasteiger charge is -2.43. The summed E-state index contributed by atoms with van der Waals surface area (Å²) in [6.45, 7) is 0.694. The molecule has 41 heavy (non-hydrogen) atoms. The molecule has 2 saturated heterocycles. The van der Waals surface area contributed by atoms with E-state index in [0.717, 1.165) is 11.1 Å². The Kier molecular flexibility index (Phi) is 10.5. The summed E-state index contributed by atoms with van der Waals surface area (Å²) < 4.78 is 84.8. The van der Waals surface area contributed by atoms with Crippen LogP contribution in [0.2, 0.25) is 0 Å². The van der Waals surface area contributed by atoms with Gasteiger partial charge in [-0.1, -0.05) is 42.5 Å². The molecule has 3 aliphatic heterocycles. The summed E-state index contributed by atoms with van der Waals surface area (Å²) in [4.78, 5) is 15.6. The van der Waals surface area contributed by atoms with Gasteiger partial charge in [0.25, 0.3) is 0 Å². The molecule has 0 unspecified atom stereocenters. The molecule has 5 nitrogen and oxygen atoms in total. The van der Waals surface area contributed by atoms with Crippen molar-refractivity contribution in [1.29, 1.82) is 0 Å². The number of fused-ring (bicyclic) bond motifs is 2. The number of quaternary nitrogens is 2. The minimum Gasteiger partial charge on any atom is -1.00 e. The second-order valence-electron chi connectivity index (χ2n) is 11.0. The number of nitrogens with zero attached hydrogens (tertiary/aromatic N) is 1. The summed E-state index contributed by atoms with van der Waals surface area (Å²) in [5.41, 5.74) is 1.66. The summed E-state index contributed by atoms with van der Waals surface area (Å²) in [7, 11) is 0. The fraction of sp³-hybridized carbons (Fsp3) is 0.536. The van der Waals surface area contributed by atoms with Crippen molar-refractivity contribution in [1.82, 2.24) is 4.90 Å². The monoisotopic (exact) mass is 627 g/mol. The van der Waals surface area contributed by atoms with Crippen LogP contribution in [0.1, 0.15) is 41.9 Å². The molecule has 228 valence electrons. The Bertz CT molecular complexity index is 1180. The highest BCUT2D eigenvalue weighted by Crippen LogP contribution is 2.43. The summed E-state index contributed by atoms with van der Waals surface area (Å²) in [6, 6.07) is 13.4. The maximum Gasteiger partial charge on any atom is 0.422 e. The normalized spacial score (nSPS) is 26.1. The van der Waals surface area contributed by atoms with Gasteiger partial charge < -0.3 is 45.1 Å². The van der Waals surface area contributed by atoms with Gasteiger partial charge in [0.1, 0.15) is 23.6 Å². The number of amides is 1. The lowest BCUT2D eigenvalue weighted by Crippen LogP contribution is -3.00. The molecule has 3 heterocycles. The quantitative estimate of drug-likeness (QED) is 0.345. The van der Waals surface area contributed by atoms with Gasteiger partial charge in [-0.05, 0) is 36.0 Å². The SMILES string of the molecule is O=C([C@@H]1C[NH2+]C[C@]12C[NH2+]Cc1c(OCC(F)(F)F)cccc12)N1CC[C@@H](c2ccccc2)C[C@H]1CC(F)(F)F.[Cl-].[Cl-]. The number of rotatable bonds is 5. The lowest BCUT2D eigenvalue weighted by molar-refractivity contribution is -0.691. The van der Waals surface area contributed by atoms with Crippen molar-refractivity contribution in [2.24, 2.45) is 5.92 Å². The molecular formula is C28H33Cl2F6N3O2. The summed E-state index contributed by atoms with van der Waals surface area (Å²) in [6.07, 6.45) is -9.17. The zero-order valence-corrected chi connectivity index (χ0v) is 23.7. The topological polar surface area (TPSA) is 62.8 Å². The van der Waals surface area contributed by atoms with Gasteiger partial charge in [0.2, 0.25) is 5.91 Å². The molecule has 0 bridgehead atoms. The van der Waals surface area contributed by atoms with E-state index >= 15 is 0 Å². The van der Waals surface area contributed by atoms with Gasteiger partial charge in [-0.2, -0.15) is 26.3 Å². The second kappa shape index (κ2) is 13.0. The van der Waals surface area contributed by atoms with Crippen LogP contribution in [0.25, 0.3) is 0 Å². The van der Waals surface area contributed by atoms with Gasteiger partial charge in [-0.15, -0.1) is 0 Å². The number of piperidine rings is 1. The van der Waals surface area contributed by atoms with Gasteiger partial charge >= 0.3 is 12.4 Å². The molecule has 2 aromatic carbocycles. The van der Waals surface area contributed by atoms with Crippen molar-refractivity contribution in [3.8, 4) is 5.75 Å². The Morgan fingerprint density at radius 1 is 0.951 bits per heavy atom. The number of hydrogen-bond acceptors (Lipinski definition) is 2. The van der Waals surface area contributed by atoms with E-state index in [1.807, 2.05) is 47.0 Å². The van der Waals surface area contributed by atoms with Gasteiger partial charge in [0.05, 0.1) is 31.6 Å². The smallest absolute Gasteiger partial charge is 0.422 e. The van der Waals surface area contributed by atoms with Crippen molar-refractivity contribution in [2.45, 2.75) is 55.5 Å². The van der Waals surface area contributed by atoms with Crippen molar-refractivity contribution in [3.05, 3.63) is 65.2 Å². The van der Waals surface area contributed by atoms with E-state index in [0.29, 0.717) is 38.2 Å². The molecule has 0 aliphatic carbocycles. The van der Waals surface area contributed by atoms with Crippen molar-refractivity contribution in [2.75, 3.05) is 32.8 Å². The molecule has 13 heteroatoms. The highest BCUT2D eigenvalue weighted by Gasteiger charge is 2.57. The molecule has 2 aromatic rings. The molecule has 0 saturated carbocycles. The van der Waals surface area contributed by atoms with E-state index in [1.54, 1.807) is 6.07 Å². The predicted molar refractivity (Wildman–Crippen MR) is 130 cm³/mol. The fourth-order valence-electron chi connectivity index (χ4n) is 6.89. The van der Waals surface area contributed by atoms with Crippen LogP contribution in [0.5, 0.6) is 5.75 Å². The number of alkyl halides is 6. The third-order valence-electron chi connectivity index (χ3n) is 8.53. The number of nitrogens with two attached hydrogens (primary N) is 2. The van der Waals surface area contributed by atoms with E-state index in [9.17, 15) is 31.1 Å². The molecule has 0 radical (unpaired) electrons. The molecule has 2 fully saturated rings. The van der Waals surface area contributed by atoms with Crippen molar-refractivity contribution >= 4 is 5.91 Å². The minimum absolute atomic E-state index is 0. The number of carbonyl (C=O) groups is 1. The molecule has 4 atom stereocenters. The highest BCUT2D eigenvalue weighted by molar-refractivity contribution is 5.82. The second-order valence-corrected chi connectivity index (χ2v) is 11.0. The Morgan fingerprint density at radius 2 is 1.66 bits per heavy atom. The third-order valence-corrected chi connectivity index (χ3v) is 8.53. The Balaban J connectivity index is 0.00000231. The number of hydrogen-bond donors (Lipinski definition) is 2. The number of benzene rings is 2. The molecule has 4 N–H and O–H groups in total. The fourth-order valence-corrected chi connectivity index (χ4v) is 6.89. The number of ether oxygens (including phenoxy) is 1. The van der Waals surface area contributed by atoms with Gasteiger partial charge in [-0.3, -0.25) is 4.79 Å². The first-order valence-electron chi connectivity index (χ1n) is 13.3. The summed E-state index contributed by atoms with van der Waals surface area (Å²) in [5.74, 6) is -0.817. The molecule has 3 aliphatic rings. The molecular weight excluding hydrogens is 595 g/mol. The maximum absolute atomic E-state index is 14.1. The van der Waals surface area contributed by atoms with E-state index in [2.05, 4.69) is 0 Å². The van der Waals surface area contributed by atoms with E-state index in [-0.39, 0.29) is 55.4 Å². The van der Waals surface area contributed by atoms with E-state index in [1.165, 1.54) is 11.0 Å². The van der Waals surface area contributed by atoms with Crippen LogP contribution >= 0.6 is 0 Å². The van der Waals surface area contributed by atoms with Crippen molar-refractivity contribution < 1.29 is 71.3 Å². The minimum atomic E-state index is -4.49. The van der Waals surface area contributed by atoms with Gasteiger partial charge in [0, 0.05) is 12.6 Å². The van der Waals surface area contributed by atoms with Crippen LogP contribution in [0, 0.1) is 5.92 Å². The van der Waals surface area contributed by atoms with Crippen LogP contribution in [-0.2, 0) is 16.8 Å². The number of likely N-dealkylation sites (tertiary alicyclic amines) is 1. The number of halogens is 8. The van der Waals surface area contributed by atoms with Gasteiger partial charge in [-0.25, -0.2) is 0 Å². The molecule has 1 spiro atoms. The average Bonchev–Trinajstić information content (AvgIpc) is 3.30. The standard InChI is InChI=1S/C28H31F6N3O2.2ClH/c29-27(30,31)12-20-11-19(18-5-2-1-3-6-18)9-10-37(20)25(38)23-14-36-16-26(23)15-35-13-21-22(26)7-4-8-24(21)39-17-28(32,33)34;;/h1-8,19-20,23,35-36H,9-17H2;2*1H/t19-,20+,23+,26+;;/m1../s1. The Labute approximate surface area is 247 Å².